The molecular formula is C15H8ClFN4O2. The van der Waals surface area contributed by atoms with Gasteiger partial charge in [-0.1, -0.05) is 11.6 Å². The highest BCUT2D eigenvalue weighted by Crippen LogP contribution is 2.22. The molecule has 0 unspecified atom stereocenters. The van der Waals surface area contributed by atoms with E-state index >= 15 is 0 Å². The second kappa shape index (κ2) is 5.66. The van der Waals surface area contributed by atoms with Crippen LogP contribution in [0.3, 0.4) is 0 Å². The van der Waals surface area contributed by atoms with E-state index in [2.05, 4.69) is 10.1 Å². The van der Waals surface area contributed by atoms with Crippen molar-refractivity contribution >= 4 is 28.5 Å². The number of fused-ring (bicyclic) bond motifs is 1. The molecule has 3 rings (SSSR count). The van der Waals surface area contributed by atoms with Gasteiger partial charge >= 0.3 is 5.97 Å². The van der Waals surface area contributed by atoms with Crippen LogP contribution in [0.5, 0.6) is 0 Å². The average molecular weight is 331 g/mol. The van der Waals surface area contributed by atoms with Gasteiger partial charge in [-0.3, -0.25) is 4.98 Å². The van der Waals surface area contributed by atoms with Gasteiger partial charge in [0.2, 0.25) is 0 Å². The largest absolute Gasteiger partial charge is 0.478 e. The van der Waals surface area contributed by atoms with Gasteiger partial charge in [0.05, 0.1) is 17.8 Å². The Labute approximate surface area is 134 Å². The highest BCUT2D eigenvalue weighted by Gasteiger charge is 2.17. The number of aromatic carboxylic acids is 1. The number of pyridine rings is 1. The third kappa shape index (κ3) is 2.72. The molecule has 0 bridgehead atoms. The van der Waals surface area contributed by atoms with E-state index in [4.69, 9.17) is 22.0 Å². The predicted molar refractivity (Wildman–Crippen MR) is 79.7 cm³/mol. The maximum atomic E-state index is 14.1. The molecule has 0 saturated heterocycles. The fourth-order valence-corrected chi connectivity index (χ4v) is 2.45. The molecule has 0 atom stereocenters. The average Bonchev–Trinajstić information content (AvgIpc) is 2.89. The fourth-order valence-electron chi connectivity index (χ4n) is 2.28. The van der Waals surface area contributed by atoms with Crippen molar-refractivity contribution in [2.24, 2.45) is 0 Å². The molecular weight excluding hydrogens is 323 g/mol. The number of nitriles is 1. The molecule has 114 valence electrons. The Hall–Kier alpha value is -2.98. The van der Waals surface area contributed by atoms with Gasteiger partial charge in [0.15, 0.2) is 5.69 Å². The standard InChI is InChI=1S/C15H8ClFN4O2/c16-10-3-9-1-8(2-12(17)14(9)19-5-10)7-21-13(4-18)11(6-20-21)15(22)23/h1-3,5-6H,7H2,(H,22,23). The molecule has 23 heavy (non-hydrogen) atoms. The first-order valence-electron chi connectivity index (χ1n) is 6.42. The monoisotopic (exact) mass is 330 g/mol. The van der Waals surface area contributed by atoms with Crippen molar-refractivity contribution in [3.05, 3.63) is 58.3 Å². The molecule has 6 nitrogen and oxygen atoms in total. The molecule has 0 amide bonds. The second-order valence-electron chi connectivity index (χ2n) is 4.78. The summed E-state index contributed by atoms with van der Waals surface area (Å²) in [4.78, 5) is 15.0. The zero-order valence-corrected chi connectivity index (χ0v) is 12.3. The molecule has 0 aliphatic heterocycles. The number of carbonyl (C=O) groups is 1. The second-order valence-corrected chi connectivity index (χ2v) is 5.22. The highest BCUT2D eigenvalue weighted by molar-refractivity contribution is 6.31. The van der Waals surface area contributed by atoms with Gasteiger partial charge in [-0.15, -0.1) is 0 Å². The van der Waals surface area contributed by atoms with Crippen molar-refractivity contribution in [2.45, 2.75) is 6.54 Å². The van der Waals surface area contributed by atoms with Crippen molar-refractivity contribution in [1.82, 2.24) is 14.8 Å². The summed E-state index contributed by atoms with van der Waals surface area (Å²) in [6.45, 7) is 0.0511. The summed E-state index contributed by atoms with van der Waals surface area (Å²) in [6.07, 6.45) is 2.45. The number of hydrogen-bond donors (Lipinski definition) is 1. The van der Waals surface area contributed by atoms with Crippen LogP contribution in [0.15, 0.2) is 30.6 Å². The molecule has 8 heteroatoms. The van der Waals surface area contributed by atoms with E-state index in [0.717, 1.165) is 6.20 Å². The van der Waals surface area contributed by atoms with E-state index in [0.29, 0.717) is 16.0 Å². The normalized spacial score (nSPS) is 10.7. The van der Waals surface area contributed by atoms with Crippen LogP contribution in [-0.4, -0.2) is 25.8 Å². The molecule has 0 radical (unpaired) electrons. The molecule has 0 saturated carbocycles. The molecule has 0 spiro atoms. The predicted octanol–water partition coefficient (Wildman–Crippen LogP) is 2.84. The topological polar surface area (TPSA) is 91.8 Å². The molecule has 0 fully saturated rings. The Kier molecular flexibility index (Phi) is 3.68. The number of nitrogens with zero attached hydrogens (tertiary/aromatic N) is 4. The van der Waals surface area contributed by atoms with Crippen molar-refractivity contribution in [3.63, 3.8) is 0 Å². The molecule has 1 N–H and O–H groups in total. The van der Waals surface area contributed by atoms with Gasteiger partial charge in [0.1, 0.15) is 23.0 Å². The molecule has 1 aromatic carbocycles. The van der Waals surface area contributed by atoms with Crippen molar-refractivity contribution in [1.29, 1.82) is 5.26 Å². The Balaban J connectivity index is 2.06. The summed E-state index contributed by atoms with van der Waals surface area (Å²) < 4.78 is 15.3. The van der Waals surface area contributed by atoms with Gasteiger partial charge in [-0.05, 0) is 23.8 Å². The van der Waals surface area contributed by atoms with Gasteiger partial charge in [-0.25, -0.2) is 13.9 Å². The number of halogens is 2. The lowest BCUT2D eigenvalue weighted by Gasteiger charge is -2.07. The van der Waals surface area contributed by atoms with Gasteiger partial charge in [0.25, 0.3) is 0 Å². The lowest BCUT2D eigenvalue weighted by molar-refractivity contribution is 0.0696. The number of hydrogen-bond acceptors (Lipinski definition) is 4. The first-order chi connectivity index (χ1) is 11.0. The van der Waals surface area contributed by atoms with Gasteiger partial charge in [0, 0.05) is 11.6 Å². The van der Waals surface area contributed by atoms with Crippen LogP contribution in [-0.2, 0) is 6.54 Å². The first kappa shape index (κ1) is 14.9. The van der Waals surface area contributed by atoms with Gasteiger partial charge < -0.3 is 5.11 Å². The van der Waals surface area contributed by atoms with E-state index in [1.807, 2.05) is 0 Å². The first-order valence-corrected chi connectivity index (χ1v) is 6.80. The summed E-state index contributed by atoms with van der Waals surface area (Å²) in [5.41, 5.74) is 0.404. The third-order valence-electron chi connectivity index (χ3n) is 3.27. The van der Waals surface area contributed by atoms with Crippen LogP contribution < -0.4 is 0 Å². The smallest absolute Gasteiger partial charge is 0.340 e. The number of rotatable bonds is 3. The number of aromatic nitrogens is 3. The minimum Gasteiger partial charge on any atom is -0.478 e. The molecule has 0 aliphatic carbocycles. The minimum absolute atomic E-state index is 0.0511. The number of carboxylic acid groups (broad SMARTS) is 1. The lowest BCUT2D eigenvalue weighted by atomic mass is 10.1. The molecule has 2 aromatic heterocycles. The van der Waals surface area contributed by atoms with Crippen LogP contribution in [0.25, 0.3) is 10.9 Å². The van der Waals surface area contributed by atoms with Crippen molar-refractivity contribution < 1.29 is 14.3 Å². The van der Waals surface area contributed by atoms with E-state index in [1.54, 1.807) is 18.2 Å². The maximum absolute atomic E-state index is 14.1. The van der Waals surface area contributed by atoms with E-state index in [9.17, 15) is 9.18 Å². The Morgan fingerprint density at radius 1 is 1.39 bits per heavy atom. The number of carboxylic acids is 1. The summed E-state index contributed by atoms with van der Waals surface area (Å²) in [6, 6.07) is 6.31. The minimum atomic E-state index is -1.24. The lowest BCUT2D eigenvalue weighted by Crippen LogP contribution is -2.07. The third-order valence-corrected chi connectivity index (χ3v) is 3.48. The summed E-state index contributed by atoms with van der Waals surface area (Å²) >= 11 is 5.86. The Bertz CT molecular complexity index is 978. The van der Waals surface area contributed by atoms with E-state index in [-0.39, 0.29) is 23.3 Å². The summed E-state index contributed by atoms with van der Waals surface area (Å²) in [5.74, 6) is -1.77. The zero-order valence-electron chi connectivity index (χ0n) is 11.5. The molecule has 2 heterocycles. The summed E-state index contributed by atoms with van der Waals surface area (Å²) in [7, 11) is 0. The molecule has 0 aliphatic rings. The quantitative estimate of drug-likeness (QED) is 0.797. The fraction of sp³-hybridized carbons (Fsp3) is 0.0667. The van der Waals surface area contributed by atoms with Crippen LogP contribution in [0, 0.1) is 17.1 Å². The van der Waals surface area contributed by atoms with E-state index < -0.39 is 11.8 Å². The van der Waals surface area contributed by atoms with Crippen molar-refractivity contribution in [3.8, 4) is 6.07 Å². The Morgan fingerprint density at radius 3 is 2.87 bits per heavy atom. The van der Waals surface area contributed by atoms with Crippen LogP contribution in [0.1, 0.15) is 21.6 Å². The number of benzene rings is 1. The van der Waals surface area contributed by atoms with Crippen molar-refractivity contribution in [2.75, 3.05) is 0 Å². The van der Waals surface area contributed by atoms with Crippen LogP contribution >= 0.6 is 11.6 Å². The summed E-state index contributed by atoms with van der Waals surface area (Å²) in [5, 5.41) is 22.9. The molecule has 3 aromatic rings. The zero-order chi connectivity index (χ0) is 16.6. The SMILES string of the molecule is N#Cc1c(C(=O)O)cnn1Cc1cc(F)c2ncc(Cl)cc2c1. The van der Waals surface area contributed by atoms with Crippen LogP contribution in [0.2, 0.25) is 5.02 Å². The van der Waals surface area contributed by atoms with Gasteiger partial charge in [-0.2, -0.15) is 10.4 Å². The van der Waals surface area contributed by atoms with Crippen LogP contribution in [0.4, 0.5) is 4.39 Å². The van der Waals surface area contributed by atoms with E-state index in [1.165, 1.54) is 16.9 Å². The highest BCUT2D eigenvalue weighted by atomic mass is 35.5. The Morgan fingerprint density at radius 2 is 2.17 bits per heavy atom. The maximum Gasteiger partial charge on any atom is 0.340 e.